The highest BCUT2D eigenvalue weighted by atomic mass is 16.1. The van der Waals surface area contributed by atoms with Gasteiger partial charge in [-0.15, -0.1) is 0 Å². The molecular weight excluding hydrogens is 404 g/mol. The lowest BCUT2D eigenvalue weighted by atomic mass is 10.2. The van der Waals surface area contributed by atoms with E-state index in [1.54, 1.807) is 36.5 Å². The second kappa shape index (κ2) is 7.95. The summed E-state index contributed by atoms with van der Waals surface area (Å²) in [5, 5.41) is 10.4. The maximum Gasteiger partial charge on any atom is 0.270 e. The van der Waals surface area contributed by atoms with Crippen molar-refractivity contribution >= 4 is 33.8 Å². The molecule has 9 nitrogen and oxygen atoms in total. The number of nitrogens with zero attached hydrogens (tertiary/aromatic N) is 3. The highest BCUT2D eigenvalue weighted by molar-refractivity contribution is 5.98. The number of nitrogens with one attached hydrogen (secondary N) is 4. The number of pyridine rings is 1. The van der Waals surface area contributed by atoms with E-state index in [9.17, 15) is 4.79 Å². The van der Waals surface area contributed by atoms with Gasteiger partial charge in [-0.3, -0.25) is 15.2 Å². The maximum absolute atomic E-state index is 12.2. The molecule has 158 valence electrons. The Morgan fingerprint density at radius 1 is 0.969 bits per heavy atom. The first kappa shape index (κ1) is 19.4. The Balaban J connectivity index is 1.31. The average Bonchev–Trinajstić information content (AvgIpc) is 3.39. The minimum atomic E-state index is -0.216. The van der Waals surface area contributed by atoms with Crippen molar-refractivity contribution in [3.05, 3.63) is 89.3 Å². The van der Waals surface area contributed by atoms with Crippen molar-refractivity contribution in [1.82, 2.24) is 30.2 Å². The number of nitrogens with two attached hydrogens (primary N) is 1. The quantitative estimate of drug-likeness (QED) is 0.210. The van der Waals surface area contributed by atoms with Gasteiger partial charge in [0.2, 0.25) is 0 Å². The first-order valence-electron chi connectivity index (χ1n) is 10.0. The van der Waals surface area contributed by atoms with E-state index >= 15 is 0 Å². The molecular formula is C23H20N8O. The normalized spacial score (nSPS) is 11.1. The van der Waals surface area contributed by atoms with Crippen LogP contribution >= 0.6 is 0 Å². The highest BCUT2D eigenvalue weighted by Crippen LogP contribution is 2.18. The van der Waals surface area contributed by atoms with Crippen LogP contribution in [0, 0.1) is 5.41 Å². The molecule has 5 rings (SSSR count). The molecule has 0 unspecified atom stereocenters. The van der Waals surface area contributed by atoms with E-state index < -0.39 is 0 Å². The van der Waals surface area contributed by atoms with Crippen LogP contribution in [0.2, 0.25) is 0 Å². The molecule has 0 saturated carbocycles. The Bertz CT molecular complexity index is 1450. The molecule has 0 fully saturated rings. The van der Waals surface area contributed by atoms with Crippen LogP contribution in [-0.2, 0) is 13.0 Å². The van der Waals surface area contributed by atoms with E-state index in [1.807, 2.05) is 24.3 Å². The predicted molar refractivity (Wildman–Crippen MR) is 121 cm³/mol. The lowest BCUT2D eigenvalue weighted by Crippen LogP contribution is -2.23. The van der Waals surface area contributed by atoms with Gasteiger partial charge in [0.1, 0.15) is 23.2 Å². The molecule has 5 aromatic rings. The second-order valence-electron chi connectivity index (χ2n) is 7.44. The van der Waals surface area contributed by atoms with Gasteiger partial charge in [-0.2, -0.15) is 0 Å². The largest absolute Gasteiger partial charge is 0.384 e. The monoisotopic (exact) mass is 424 g/mol. The lowest BCUT2D eigenvalue weighted by Gasteiger charge is -2.04. The zero-order valence-electron chi connectivity index (χ0n) is 17.0. The summed E-state index contributed by atoms with van der Waals surface area (Å²) in [5.41, 5.74) is 10.9. The molecule has 0 bridgehead atoms. The summed E-state index contributed by atoms with van der Waals surface area (Å²) >= 11 is 0. The van der Waals surface area contributed by atoms with Crippen molar-refractivity contribution in [1.29, 1.82) is 5.41 Å². The predicted octanol–water partition coefficient (Wildman–Crippen LogP) is 2.64. The van der Waals surface area contributed by atoms with Crippen molar-refractivity contribution in [2.45, 2.75) is 13.0 Å². The number of amides is 1. The number of aromatic amines is 2. The smallest absolute Gasteiger partial charge is 0.270 e. The van der Waals surface area contributed by atoms with E-state index in [1.165, 1.54) is 0 Å². The van der Waals surface area contributed by atoms with Crippen molar-refractivity contribution < 1.29 is 4.79 Å². The highest BCUT2D eigenvalue weighted by Gasteiger charge is 2.10. The number of benzene rings is 2. The van der Waals surface area contributed by atoms with Gasteiger partial charge in [0.15, 0.2) is 0 Å². The zero-order valence-corrected chi connectivity index (χ0v) is 17.0. The number of carbonyl (C=O) groups is 1. The van der Waals surface area contributed by atoms with Gasteiger partial charge < -0.3 is 21.0 Å². The molecule has 3 aromatic heterocycles. The Labute approximate surface area is 182 Å². The number of aromatic nitrogens is 5. The molecule has 3 heterocycles. The first-order valence-corrected chi connectivity index (χ1v) is 10.0. The number of imidazole rings is 2. The van der Waals surface area contributed by atoms with Crippen LogP contribution in [0.25, 0.3) is 22.1 Å². The van der Waals surface area contributed by atoms with E-state index in [2.05, 4.69) is 30.2 Å². The summed E-state index contributed by atoms with van der Waals surface area (Å²) < 4.78 is 0. The third kappa shape index (κ3) is 3.91. The molecule has 6 N–H and O–H groups in total. The topological polar surface area (TPSA) is 149 Å². The summed E-state index contributed by atoms with van der Waals surface area (Å²) in [6, 6.07) is 16.5. The number of amidine groups is 1. The van der Waals surface area contributed by atoms with Gasteiger partial charge in [-0.1, -0.05) is 12.1 Å². The molecule has 32 heavy (non-hydrogen) atoms. The molecule has 0 aliphatic carbocycles. The van der Waals surface area contributed by atoms with Crippen LogP contribution in [0.15, 0.2) is 60.8 Å². The molecule has 2 aromatic carbocycles. The fourth-order valence-corrected chi connectivity index (χ4v) is 3.54. The molecule has 0 atom stereocenters. The molecule has 0 aliphatic heterocycles. The lowest BCUT2D eigenvalue weighted by molar-refractivity contribution is 0.0946. The number of fused-ring (bicyclic) bond motifs is 2. The Hall–Kier alpha value is -4.53. The van der Waals surface area contributed by atoms with Gasteiger partial charge in [-0.25, -0.2) is 9.97 Å². The molecule has 0 spiro atoms. The van der Waals surface area contributed by atoms with Crippen LogP contribution < -0.4 is 11.1 Å². The van der Waals surface area contributed by atoms with E-state index in [4.69, 9.17) is 11.1 Å². The van der Waals surface area contributed by atoms with E-state index in [0.29, 0.717) is 24.2 Å². The SMILES string of the molecule is N=C(N)c1ccc2[nH]c(Cc3nc4cc(CNC(=O)c5ccccn5)ccc4[nH]3)nc2c1. The van der Waals surface area contributed by atoms with Crippen LogP contribution in [0.1, 0.15) is 33.3 Å². The van der Waals surface area contributed by atoms with Crippen molar-refractivity contribution in [3.63, 3.8) is 0 Å². The summed E-state index contributed by atoms with van der Waals surface area (Å²) in [4.78, 5) is 32.1. The van der Waals surface area contributed by atoms with Crippen LogP contribution in [0.5, 0.6) is 0 Å². The summed E-state index contributed by atoms with van der Waals surface area (Å²) in [6.07, 6.45) is 2.10. The number of H-pyrrole nitrogens is 2. The van der Waals surface area contributed by atoms with Crippen molar-refractivity contribution in [3.8, 4) is 0 Å². The number of rotatable bonds is 6. The first-order chi connectivity index (χ1) is 15.5. The van der Waals surface area contributed by atoms with Gasteiger partial charge in [0.25, 0.3) is 5.91 Å². The van der Waals surface area contributed by atoms with E-state index in [0.717, 1.165) is 39.3 Å². The Morgan fingerprint density at radius 3 is 2.38 bits per heavy atom. The number of hydrogen-bond donors (Lipinski definition) is 5. The summed E-state index contributed by atoms with van der Waals surface area (Å²) in [5.74, 6) is 1.34. The summed E-state index contributed by atoms with van der Waals surface area (Å²) in [6.45, 7) is 0.385. The molecule has 0 saturated heterocycles. The van der Waals surface area contributed by atoms with Gasteiger partial charge in [-0.05, 0) is 48.0 Å². The number of nitrogen functional groups attached to an aromatic ring is 1. The van der Waals surface area contributed by atoms with Crippen molar-refractivity contribution in [2.24, 2.45) is 5.73 Å². The zero-order chi connectivity index (χ0) is 22.1. The minimum absolute atomic E-state index is 0.0146. The fraction of sp³-hybridized carbons (Fsp3) is 0.0870. The van der Waals surface area contributed by atoms with Crippen LogP contribution in [0.3, 0.4) is 0 Å². The molecule has 0 radical (unpaired) electrons. The molecule has 9 heteroatoms. The minimum Gasteiger partial charge on any atom is -0.384 e. The number of carbonyl (C=O) groups excluding carboxylic acids is 1. The average molecular weight is 424 g/mol. The van der Waals surface area contributed by atoms with Crippen LogP contribution in [0.4, 0.5) is 0 Å². The van der Waals surface area contributed by atoms with E-state index in [-0.39, 0.29) is 11.7 Å². The third-order valence-corrected chi connectivity index (χ3v) is 5.13. The molecule has 1 amide bonds. The standard InChI is InChI=1S/C23H20N8O/c24-22(25)14-5-7-16-19(10-14)31-21(29-16)11-20-28-15-6-4-13(9-18(15)30-20)12-27-23(32)17-3-1-2-8-26-17/h1-10H,11-12H2,(H3,24,25)(H,27,32)(H,28,30)(H,29,31). The third-order valence-electron chi connectivity index (χ3n) is 5.13. The Morgan fingerprint density at radius 2 is 1.69 bits per heavy atom. The van der Waals surface area contributed by atoms with Crippen LogP contribution in [-0.4, -0.2) is 36.7 Å². The maximum atomic E-state index is 12.2. The van der Waals surface area contributed by atoms with Gasteiger partial charge in [0.05, 0.1) is 28.5 Å². The van der Waals surface area contributed by atoms with Crippen molar-refractivity contribution in [2.75, 3.05) is 0 Å². The van der Waals surface area contributed by atoms with Gasteiger partial charge >= 0.3 is 0 Å². The fourth-order valence-electron chi connectivity index (χ4n) is 3.54. The molecule has 0 aliphatic rings. The Kier molecular flexibility index (Phi) is 4.83. The number of hydrogen-bond acceptors (Lipinski definition) is 5. The summed E-state index contributed by atoms with van der Waals surface area (Å²) in [7, 11) is 0. The van der Waals surface area contributed by atoms with Gasteiger partial charge in [0, 0.05) is 18.3 Å². The second-order valence-corrected chi connectivity index (χ2v) is 7.44.